The summed E-state index contributed by atoms with van der Waals surface area (Å²) >= 11 is 0. The second-order valence-corrected chi connectivity index (χ2v) is 15.5. The Hall–Kier alpha value is -1.40. The molecule has 0 saturated heterocycles. The number of ether oxygens (including phenoxy) is 1. The van der Waals surface area contributed by atoms with Gasteiger partial charge in [-0.2, -0.15) is 0 Å². The average molecular weight is 722 g/mol. The van der Waals surface area contributed by atoms with E-state index in [0.29, 0.717) is 19.3 Å². The van der Waals surface area contributed by atoms with Crippen LogP contribution in [0.25, 0.3) is 0 Å². The molecule has 3 N–H and O–H groups in total. The lowest BCUT2D eigenvalue weighted by atomic mass is 10.0. The van der Waals surface area contributed by atoms with Crippen molar-refractivity contribution in [2.24, 2.45) is 0 Å². The first-order chi connectivity index (χ1) is 25.0. The van der Waals surface area contributed by atoms with E-state index < -0.39 is 18.2 Å². The zero-order chi connectivity index (χ0) is 37.5. The summed E-state index contributed by atoms with van der Waals surface area (Å²) in [6.45, 7) is 6.43. The Kier molecular flexibility index (Phi) is 38.7. The Labute approximate surface area is 317 Å². The first-order valence-electron chi connectivity index (χ1n) is 22.4. The summed E-state index contributed by atoms with van der Waals surface area (Å²) in [5, 5.41) is 23.5. The van der Waals surface area contributed by atoms with Crippen LogP contribution in [-0.2, 0) is 14.3 Å². The highest BCUT2D eigenvalue weighted by Crippen LogP contribution is 2.17. The third kappa shape index (κ3) is 35.4. The molecular weight excluding hydrogens is 634 g/mol. The first kappa shape index (κ1) is 49.6. The van der Waals surface area contributed by atoms with Crippen LogP contribution in [0.5, 0.6) is 0 Å². The van der Waals surface area contributed by atoms with Gasteiger partial charge in [-0.1, -0.05) is 193 Å². The average Bonchev–Trinajstić information content (AvgIpc) is 3.12. The Bertz CT molecular complexity index is 772. The number of unbranched alkanes of at least 4 members (excludes halogenated alkanes) is 26. The predicted octanol–water partition coefficient (Wildman–Crippen LogP) is 12.6. The van der Waals surface area contributed by atoms with Crippen LogP contribution >= 0.6 is 0 Å². The quantitative estimate of drug-likeness (QED) is 0.0332. The molecule has 6 heteroatoms. The van der Waals surface area contributed by atoms with E-state index in [-0.39, 0.29) is 24.9 Å². The number of rotatable bonds is 40. The van der Waals surface area contributed by atoms with Gasteiger partial charge in [-0.15, -0.1) is 0 Å². The SMILES string of the molecule is CCCCCCCC/C=C\CCCC(CC(=O)NC(CO)C(O)CCCCCCCCCCC)OC(=O)CCCCCCCCCCCCCC. The third-order valence-electron chi connectivity index (χ3n) is 10.3. The number of carbonyl (C=O) groups excluding carboxylic acids is 2. The summed E-state index contributed by atoms with van der Waals surface area (Å²) in [6, 6.07) is -0.700. The second kappa shape index (κ2) is 39.8. The van der Waals surface area contributed by atoms with E-state index >= 15 is 0 Å². The lowest BCUT2D eigenvalue weighted by Gasteiger charge is -2.24. The first-order valence-corrected chi connectivity index (χ1v) is 22.4. The summed E-state index contributed by atoms with van der Waals surface area (Å²) in [7, 11) is 0. The molecule has 0 rings (SSSR count). The summed E-state index contributed by atoms with van der Waals surface area (Å²) in [5.41, 5.74) is 0. The number of hydrogen-bond acceptors (Lipinski definition) is 5. The number of aliphatic hydroxyl groups excluding tert-OH is 2. The van der Waals surface area contributed by atoms with Crippen molar-refractivity contribution in [1.29, 1.82) is 0 Å². The van der Waals surface area contributed by atoms with E-state index in [9.17, 15) is 19.8 Å². The van der Waals surface area contributed by atoms with Gasteiger partial charge in [0.1, 0.15) is 6.10 Å². The van der Waals surface area contributed by atoms with Gasteiger partial charge in [-0.25, -0.2) is 0 Å². The van der Waals surface area contributed by atoms with Gasteiger partial charge in [-0.3, -0.25) is 9.59 Å². The number of carbonyl (C=O) groups is 2. The molecule has 0 aliphatic rings. The van der Waals surface area contributed by atoms with Gasteiger partial charge < -0.3 is 20.3 Å². The molecule has 302 valence electrons. The molecule has 51 heavy (non-hydrogen) atoms. The van der Waals surface area contributed by atoms with E-state index in [4.69, 9.17) is 4.74 Å². The van der Waals surface area contributed by atoms with Crippen LogP contribution in [0.2, 0.25) is 0 Å². The minimum absolute atomic E-state index is 0.0624. The van der Waals surface area contributed by atoms with E-state index in [2.05, 4.69) is 38.2 Å². The van der Waals surface area contributed by atoms with Crippen molar-refractivity contribution in [2.45, 2.75) is 257 Å². The molecular formula is C45H87NO5. The molecule has 0 heterocycles. The standard InChI is InChI=1S/C45H87NO5/c1-4-7-10-13-16-19-21-23-26-29-32-35-38-45(50)51-41(36-33-30-27-25-22-20-17-14-11-8-5-2)39-44(49)46-42(40-47)43(48)37-34-31-28-24-18-15-12-9-6-3/h25,27,41-43,47-48H,4-24,26,28-40H2,1-3H3,(H,46,49)/b27-25-. The predicted molar refractivity (Wildman–Crippen MR) is 218 cm³/mol. The van der Waals surface area contributed by atoms with Crippen LogP contribution < -0.4 is 5.32 Å². The lowest BCUT2D eigenvalue weighted by molar-refractivity contribution is -0.151. The summed E-state index contributed by atoms with van der Waals surface area (Å²) in [5.74, 6) is -0.496. The van der Waals surface area contributed by atoms with Gasteiger partial charge in [-0.05, 0) is 44.9 Å². The van der Waals surface area contributed by atoms with Gasteiger partial charge in [0, 0.05) is 6.42 Å². The van der Waals surface area contributed by atoms with Crippen molar-refractivity contribution < 1.29 is 24.5 Å². The molecule has 6 nitrogen and oxygen atoms in total. The third-order valence-corrected chi connectivity index (χ3v) is 10.3. The Morgan fingerprint density at radius 3 is 1.43 bits per heavy atom. The van der Waals surface area contributed by atoms with E-state index in [1.165, 1.54) is 135 Å². The molecule has 0 spiro atoms. The maximum absolute atomic E-state index is 13.1. The van der Waals surface area contributed by atoms with Gasteiger partial charge in [0.25, 0.3) is 0 Å². The number of allylic oxidation sites excluding steroid dienone is 2. The van der Waals surface area contributed by atoms with Crippen LogP contribution in [0.15, 0.2) is 12.2 Å². The molecule has 0 bridgehead atoms. The van der Waals surface area contributed by atoms with Gasteiger partial charge in [0.2, 0.25) is 5.91 Å². The Morgan fingerprint density at radius 2 is 0.961 bits per heavy atom. The smallest absolute Gasteiger partial charge is 0.306 e. The minimum Gasteiger partial charge on any atom is -0.462 e. The molecule has 0 saturated carbocycles. The topological polar surface area (TPSA) is 95.9 Å². The maximum Gasteiger partial charge on any atom is 0.306 e. The van der Waals surface area contributed by atoms with Crippen molar-refractivity contribution in [3.63, 3.8) is 0 Å². The normalized spacial score (nSPS) is 13.4. The zero-order valence-corrected chi connectivity index (χ0v) is 34.3. The highest BCUT2D eigenvalue weighted by atomic mass is 16.5. The highest BCUT2D eigenvalue weighted by molar-refractivity contribution is 5.77. The molecule has 0 aromatic rings. The van der Waals surface area contributed by atoms with Crippen molar-refractivity contribution in [3.05, 3.63) is 12.2 Å². The van der Waals surface area contributed by atoms with E-state index in [1.54, 1.807) is 0 Å². The van der Waals surface area contributed by atoms with Crippen LogP contribution in [0, 0.1) is 0 Å². The Morgan fingerprint density at radius 1 is 0.549 bits per heavy atom. The number of esters is 1. The van der Waals surface area contributed by atoms with Gasteiger partial charge >= 0.3 is 5.97 Å². The number of amides is 1. The molecule has 3 atom stereocenters. The largest absolute Gasteiger partial charge is 0.462 e. The van der Waals surface area contributed by atoms with Crippen LogP contribution in [0.4, 0.5) is 0 Å². The van der Waals surface area contributed by atoms with E-state index in [0.717, 1.165) is 57.8 Å². The van der Waals surface area contributed by atoms with Gasteiger partial charge in [0.15, 0.2) is 0 Å². The van der Waals surface area contributed by atoms with E-state index in [1.807, 2.05) is 0 Å². The molecule has 0 radical (unpaired) electrons. The van der Waals surface area contributed by atoms with Crippen molar-refractivity contribution in [1.82, 2.24) is 5.32 Å². The maximum atomic E-state index is 13.1. The molecule has 3 unspecified atom stereocenters. The van der Waals surface area contributed by atoms with Crippen molar-refractivity contribution in [2.75, 3.05) is 6.61 Å². The number of hydrogen-bond donors (Lipinski definition) is 3. The molecule has 1 amide bonds. The molecule has 0 aliphatic heterocycles. The molecule has 0 fully saturated rings. The van der Waals surface area contributed by atoms with Crippen molar-refractivity contribution >= 4 is 11.9 Å². The van der Waals surface area contributed by atoms with Crippen LogP contribution in [0.3, 0.4) is 0 Å². The molecule has 0 aromatic heterocycles. The minimum atomic E-state index is -0.785. The fraction of sp³-hybridized carbons (Fsp3) is 0.911. The van der Waals surface area contributed by atoms with Crippen LogP contribution in [-0.4, -0.2) is 46.9 Å². The summed E-state index contributed by atoms with van der Waals surface area (Å²) < 4.78 is 5.87. The monoisotopic (exact) mass is 722 g/mol. The fourth-order valence-electron chi connectivity index (χ4n) is 6.90. The lowest BCUT2D eigenvalue weighted by Crippen LogP contribution is -2.46. The summed E-state index contributed by atoms with van der Waals surface area (Å²) in [6.07, 6.45) is 41.3. The second-order valence-electron chi connectivity index (χ2n) is 15.5. The fourth-order valence-corrected chi connectivity index (χ4v) is 6.90. The summed E-state index contributed by atoms with van der Waals surface area (Å²) in [4.78, 5) is 25.9. The number of nitrogens with one attached hydrogen (secondary N) is 1. The van der Waals surface area contributed by atoms with Gasteiger partial charge in [0.05, 0.1) is 25.2 Å². The molecule has 0 aromatic carbocycles. The number of aliphatic hydroxyl groups is 2. The molecule has 0 aliphatic carbocycles. The van der Waals surface area contributed by atoms with Crippen LogP contribution in [0.1, 0.15) is 239 Å². The highest BCUT2D eigenvalue weighted by Gasteiger charge is 2.24. The van der Waals surface area contributed by atoms with Crippen molar-refractivity contribution in [3.8, 4) is 0 Å². The Balaban J connectivity index is 4.60. The zero-order valence-electron chi connectivity index (χ0n) is 34.3.